The molecule has 31 heavy (non-hydrogen) atoms. The number of benzene rings is 1. The molecule has 0 saturated heterocycles. The van der Waals surface area contributed by atoms with Crippen molar-refractivity contribution in [3.05, 3.63) is 35.7 Å². The van der Waals surface area contributed by atoms with Gasteiger partial charge in [-0.25, -0.2) is 13.5 Å². The highest BCUT2D eigenvalue weighted by molar-refractivity contribution is 7.80. The molecule has 0 bridgehead atoms. The molecule has 0 aliphatic heterocycles. The van der Waals surface area contributed by atoms with Gasteiger partial charge in [0.2, 0.25) is 0 Å². The number of halogens is 2. The van der Waals surface area contributed by atoms with E-state index in [9.17, 15) is 23.8 Å². The van der Waals surface area contributed by atoms with E-state index in [2.05, 4.69) is 26.3 Å². The first-order valence-electron chi connectivity index (χ1n) is 8.97. The van der Waals surface area contributed by atoms with Gasteiger partial charge in [0.25, 0.3) is 11.1 Å². The molecular weight excluding hydrogens is 438 g/mol. The number of rotatable bonds is 10. The molecule has 6 N–H and O–H groups in total. The minimum atomic E-state index is -1.81. The van der Waals surface area contributed by atoms with Gasteiger partial charge in [0, 0.05) is 25.2 Å². The Morgan fingerprint density at radius 1 is 1.26 bits per heavy atom. The van der Waals surface area contributed by atoms with E-state index >= 15 is 0 Å². The van der Waals surface area contributed by atoms with Gasteiger partial charge in [-0.3, -0.25) is 4.79 Å². The Morgan fingerprint density at radius 2 is 1.94 bits per heavy atom. The average molecular weight is 460 g/mol. The predicted octanol–water partition coefficient (Wildman–Crippen LogP) is -1.19. The molecule has 0 aliphatic carbocycles. The number of aromatic nitrogens is 3. The largest absolute Gasteiger partial charge is 0.474 e. The summed E-state index contributed by atoms with van der Waals surface area (Å²) >= 11 is 4.84. The van der Waals surface area contributed by atoms with Crippen LogP contribution < -0.4 is 16.0 Å². The second kappa shape index (κ2) is 11.5. The molecule has 11 nitrogen and oxygen atoms in total. The van der Waals surface area contributed by atoms with E-state index in [0.717, 1.165) is 12.1 Å². The summed E-state index contributed by atoms with van der Waals surface area (Å²) in [5.41, 5.74) is 0.149. The van der Waals surface area contributed by atoms with E-state index < -0.39 is 42.0 Å². The number of anilines is 1. The summed E-state index contributed by atoms with van der Waals surface area (Å²) in [6.45, 7) is -0.746. The van der Waals surface area contributed by atoms with Crippen molar-refractivity contribution in [3.63, 3.8) is 0 Å². The van der Waals surface area contributed by atoms with Crippen LogP contribution in [0.5, 0.6) is 0 Å². The molecule has 0 aliphatic rings. The molecule has 2 atom stereocenters. The lowest BCUT2D eigenvalue weighted by Crippen LogP contribution is -2.44. The summed E-state index contributed by atoms with van der Waals surface area (Å²) in [5.74, 6) is -2.72. The topological polar surface area (TPSA) is 154 Å². The van der Waals surface area contributed by atoms with Crippen molar-refractivity contribution >= 4 is 29.0 Å². The summed E-state index contributed by atoms with van der Waals surface area (Å²) in [6.07, 6.45) is -1.97. The maximum absolute atomic E-state index is 14.4. The third-order valence-electron chi connectivity index (χ3n) is 3.98. The number of hydrogen-bond acceptors (Lipinski definition) is 9. The molecule has 2 aromatic rings. The number of aliphatic hydroxyl groups excluding tert-OH is 3. The molecule has 1 heterocycles. The maximum Gasteiger partial charge on any atom is 0.256 e. The van der Waals surface area contributed by atoms with Crippen molar-refractivity contribution in [2.75, 3.05) is 32.1 Å². The van der Waals surface area contributed by atoms with Gasteiger partial charge in [0.15, 0.2) is 17.7 Å². The van der Waals surface area contributed by atoms with Crippen LogP contribution in [0.2, 0.25) is 0 Å². The third kappa shape index (κ3) is 6.78. The Bertz CT molecular complexity index is 892. The molecule has 0 spiro atoms. The summed E-state index contributed by atoms with van der Waals surface area (Å²) in [6, 6.07) is 2.11. The first kappa shape index (κ1) is 24.3. The molecule has 1 unspecified atom stereocenters. The van der Waals surface area contributed by atoms with Crippen LogP contribution in [0.3, 0.4) is 0 Å². The number of ether oxygens (including phenoxy) is 1. The zero-order valence-corrected chi connectivity index (χ0v) is 17.2. The number of methoxy groups -OCH3 is 1. The summed E-state index contributed by atoms with van der Waals surface area (Å²) in [5, 5.41) is 42.7. The average Bonchev–Trinajstić information content (AvgIpc) is 3.24. The number of amides is 1. The molecule has 0 radical (unpaired) electrons. The van der Waals surface area contributed by atoms with Crippen molar-refractivity contribution in [3.8, 4) is 5.69 Å². The number of carbonyl (C=O) groups excluding carboxylic acids is 1. The molecule has 170 valence electrons. The number of aliphatic hydroxyl groups is 3. The Hall–Kier alpha value is -2.94. The van der Waals surface area contributed by atoms with Crippen LogP contribution in [0.25, 0.3) is 5.69 Å². The van der Waals surface area contributed by atoms with Crippen LogP contribution in [0, 0.1) is 11.6 Å². The summed E-state index contributed by atoms with van der Waals surface area (Å²) < 4.78 is 34.7. The van der Waals surface area contributed by atoms with Crippen LogP contribution in [0.15, 0.2) is 18.3 Å². The van der Waals surface area contributed by atoms with Gasteiger partial charge in [-0.15, -0.1) is 5.10 Å². The van der Waals surface area contributed by atoms with Gasteiger partial charge < -0.3 is 36.0 Å². The minimum absolute atomic E-state index is 0.0700. The number of carbonyl (C=O) groups is 1. The number of nitrogens with one attached hydrogen (secondary N) is 3. The van der Waals surface area contributed by atoms with Gasteiger partial charge in [-0.2, -0.15) is 0 Å². The highest BCUT2D eigenvalue weighted by Crippen LogP contribution is 2.22. The molecule has 1 aromatic carbocycles. The fraction of sp³-hybridized carbons (Fsp3) is 0.412. The van der Waals surface area contributed by atoms with Crippen molar-refractivity contribution in [1.29, 1.82) is 0 Å². The lowest BCUT2D eigenvalue weighted by Gasteiger charge is -2.16. The first-order valence-corrected chi connectivity index (χ1v) is 9.38. The van der Waals surface area contributed by atoms with Crippen LogP contribution in [0.1, 0.15) is 5.69 Å². The van der Waals surface area contributed by atoms with Crippen LogP contribution in [0.4, 0.5) is 14.5 Å². The van der Waals surface area contributed by atoms with Crippen molar-refractivity contribution in [2.45, 2.75) is 18.8 Å². The van der Waals surface area contributed by atoms with E-state index in [1.807, 2.05) is 0 Å². The van der Waals surface area contributed by atoms with E-state index in [4.69, 9.17) is 22.1 Å². The van der Waals surface area contributed by atoms with Gasteiger partial charge in [-0.05, 0) is 12.2 Å². The normalized spacial score (nSPS) is 12.7. The van der Waals surface area contributed by atoms with Gasteiger partial charge >= 0.3 is 0 Å². The first-order chi connectivity index (χ1) is 14.8. The predicted molar refractivity (Wildman–Crippen MR) is 108 cm³/mol. The molecular formula is C17H22F2N6O5S. The minimum Gasteiger partial charge on any atom is -0.474 e. The molecule has 2 rings (SSSR count). The van der Waals surface area contributed by atoms with E-state index in [1.165, 1.54) is 18.0 Å². The lowest BCUT2D eigenvalue weighted by molar-refractivity contribution is -0.136. The monoisotopic (exact) mass is 460 g/mol. The standard InChI is InChI=1S/C17H22F2N6O5S/c1-30-17(31)22-6-9-7-25(24-23-9)10-4-11(18)14(12(19)5-10)20-2-3-21-16(29)15(28)13(27)8-26/h4-5,7,13,15,20,26-28H,2-3,6,8H2,1H3,(H,21,29)(H,22,31)/t13?,15-/m1/s1. The Balaban J connectivity index is 1.94. The highest BCUT2D eigenvalue weighted by atomic mass is 32.1. The number of thiocarbonyl (C=S) groups is 1. The quantitative estimate of drug-likeness (QED) is 0.188. The molecule has 0 saturated carbocycles. The van der Waals surface area contributed by atoms with E-state index in [1.54, 1.807) is 0 Å². The van der Waals surface area contributed by atoms with Gasteiger partial charge in [0.1, 0.15) is 17.5 Å². The molecule has 1 amide bonds. The fourth-order valence-corrected chi connectivity index (χ4v) is 2.43. The Labute approximate surface area is 181 Å². The number of nitrogens with zero attached hydrogens (tertiary/aromatic N) is 3. The molecule has 14 heteroatoms. The number of hydrogen-bond donors (Lipinski definition) is 6. The Kier molecular flexibility index (Phi) is 8.99. The van der Waals surface area contributed by atoms with Crippen LogP contribution in [-0.2, 0) is 16.1 Å². The molecule has 1 aromatic heterocycles. The zero-order chi connectivity index (χ0) is 23.0. The fourth-order valence-electron chi connectivity index (χ4n) is 2.35. The van der Waals surface area contributed by atoms with Crippen LogP contribution in [-0.4, -0.2) is 80.4 Å². The van der Waals surface area contributed by atoms with Crippen molar-refractivity contribution in [1.82, 2.24) is 25.6 Å². The van der Waals surface area contributed by atoms with E-state index in [0.29, 0.717) is 5.69 Å². The zero-order valence-electron chi connectivity index (χ0n) is 16.4. The maximum atomic E-state index is 14.4. The van der Waals surface area contributed by atoms with E-state index in [-0.39, 0.29) is 30.5 Å². The second-order valence-electron chi connectivity index (χ2n) is 6.20. The SMILES string of the molecule is COC(=S)NCc1cn(-c2cc(F)c(NCCNC(=O)[C@H](O)C(O)CO)c(F)c2)nn1. The summed E-state index contributed by atoms with van der Waals surface area (Å²) in [7, 11) is 1.41. The smallest absolute Gasteiger partial charge is 0.256 e. The highest BCUT2D eigenvalue weighted by Gasteiger charge is 2.23. The lowest BCUT2D eigenvalue weighted by atomic mass is 10.2. The third-order valence-corrected chi connectivity index (χ3v) is 4.29. The summed E-state index contributed by atoms with van der Waals surface area (Å²) in [4.78, 5) is 11.6. The van der Waals surface area contributed by atoms with Crippen LogP contribution >= 0.6 is 12.2 Å². The second-order valence-corrected chi connectivity index (χ2v) is 6.57. The molecule has 0 fully saturated rings. The van der Waals surface area contributed by atoms with Gasteiger partial charge in [0.05, 0.1) is 32.1 Å². The Morgan fingerprint density at radius 3 is 2.55 bits per heavy atom. The van der Waals surface area contributed by atoms with Crippen molar-refractivity contribution in [2.24, 2.45) is 0 Å². The van der Waals surface area contributed by atoms with Gasteiger partial charge in [-0.1, -0.05) is 5.21 Å². The van der Waals surface area contributed by atoms with Crippen molar-refractivity contribution < 1.29 is 33.6 Å².